The molecule has 4 rings (SSSR count). The summed E-state index contributed by atoms with van der Waals surface area (Å²) in [4.78, 5) is 16.9. The molecule has 144 valence electrons. The van der Waals surface area contributed by atoms with Gasteiger partial charge in [-0.1, -0.05) is 30.3 Å². The van der Waals surface area contributed by atoms with Crippen molar-refractivity contribution in [1.82, 2.24) is 14.9 Å². The van der Waals surface area contributed by atoms with E-state index in [0.717, 1.165) is 30.4 Å². The topological polar surface area (TPSA) is 94.5 Å². The van der Waals surface area contributed by atoms with Crippen molar-refractivity contribution >= 4 is 16.9 Å². The first-order valence-corrected chi connectivity index (χ1v) is 9.71. The molecule has 0 unspecified atom stereocenters. The van der Waals surface area contributed by atoms with Gasteiger partial charge in [-0.2, -0.15) is 10.5 Å². The van der Waals surface area contributed by atoms with E-state index in [0.29, 0.717) is 16.6 Å². The number of carbonyl (C=O) groups excluding carboxylic acids is 1. The molecule has 1 saturated carbocycles. The van der Waals surface area contributed by atoms with Gasteiger partial charge < -0.3 is 9.88 Å². The van der Waals surface area contributed by atoms with E-state index < -0.39 is 0 Å². The Morgan fingerprint density at radius 2 is 2.00 bits per heavy atom. The molecule has 0 aliphatic heterocycles. The summed E-state index contributed by atoms with van der Waals surface area (Å²) < 4.78 is 1.70. The summed E-state index contributed by atoms with van der Waals surface area (Å²) in [5, 5.41) is 21.8. The van der Waals surface area contributed by atoms with Gasteiger partial charge in [0.15, 0.2) is 0 Å². The van der Waals surface area contributed by atoms with Gasteiger partial charge in [-0.25, -0.2) is 4.98 Å². The Morgan fingerprint density at radius 3 is 2.62 bits per heavy atom. The van der Waals surface area contributed by atoms with Gasteiger partial charge in [0.25, 0.3) is 0 Å². The first-order chi connectivity index (χ1) is 14.1. The van der Waals surface area contributed by atoms with E-state index in [9.17, 15) is 15.3 Å². The zero-order valence-corrected chi connectivity index (χ0v) is 16.2. The molecule has 1 heterocycles. The number of rotatable bonds is 5. The van der Waals surface area contributed by atoms with Crippen molar-refractivity contribution in [3.05, 3.63) is 65.5 Å². The van der Waals surface area contributed by atoms with E-state index in [1.807, 2.05) is 37.3 Å². The summed E-state index contributed by atoms with van der Waals surface area (Å²) in [5.74, 6) is -0.152. The Balaban J connectivity index is 1.45. The molecule has 6 nitrogen and oxygen atoms in total. The minimum Gasteiger partial charge on any atom is -0.348 e. The number of fused-ring (bicyclic) bond motifs is 1. The summed E-state index contributed by atoms with van der Waals surface area (Å²) >= 11 is 0. The zero-order chi connectivity index (χ0) is 20.4. The summed E-state index contributed by atoms with van der Waals surface area (Å²) in [7, 11) is 0. The Bertz CT molecular complexity index is 1140. The first-order valence-electron chi connectivity index (χ1n) is 9.71. The van der Waals surface area contributed by atoms with Crippen molar-refractivity contribution in [2.24, 2.45) is 0 Å². The van der Waals surface area contributed by atoms with Crippen LogP contribution in [0.4, 0.5) is 0 Å². The number of para-hydroxylation sites is 1. The van der Waals surface area contributed by atoms with Crippen LogP contribution in [0.5, 0.6) is 0 Å². The smallest absolute Gasteiger partial charge is 0.240 e. The molecular formula is C23H21N5O. The summed E-state index contributed by atoms with van der Waals surface area (Å²) in [6, 6.07) is 17.7. The molecule has 2 aromatic carbocycles. The number of aromatic nitrogens is 2. The highest BCUT2D eigenvalue weighted by Crippen LogP contribution is 2.43. The van der Waals surface area contributed by atoms with Crippen LogP contribution in [-0.4, -0.2) is 15.5 Å². The van der Waals surface area contributed by atoms with Crippen LogP contribution in [0.1, 0.15) is 48.9 Å². The van der Waals surface area contributed by atoms with Gasteiger partial charge in [-0.05, 0) is 49.4 Å². The molecule has 1 N–H and O–H groups in total. The Labute approximate surface area is 169 Å². The van der Waals surface area contributed by atoms with Crippen LogP contribution in [0.3, 0.4) is 0 Å². The van der Waals surface area contributed by atoms with Crippen LogP contribution < -0.4 is 5.32 Å². The summed E-state index contributed by atoms with van der Waals surface area (Å²) in [6.07, 6.45) is 4.51. The third-order valence-corrected chi connectivity index (χ3v) is 5.83. The number of amides is 1. The maximum atomic E-state index is 12.6. The lowest BCUT2D eigenvalue weighted by atomic mass is 9.65. The average Bonchev–Trinajstić information content (AvgIpc) is 3.11. The van der Waals surface area contributed by atoms with Crippen molar-refractivity contribution in [1.29, 1.82) is 10.5 Å². The molecule has 0 saturated heterocycles. The number of imidazole rings is 1. The third kappa shape index (κ3) is 3.34. The molecule has 29 heavy (non-hydrogen) atoms. The number of hydrogen-bond acceptors (Lipinski definition) is 4. The predicted molar refractivity (Wildman–Crippen MR) is 109 cm³/mol. The van der Waals surface area contributed by atoms with Gasteiger partial charge in [0.2, 0.25) is 5.91 Å². The van der Waals surface area contributed by atoms with E-state index in [1.54, 1.807) is 23.0 Å². The number of carbonyl (C=O) groups is 1. The van der Waals surface area contributed by atoms with Gasteiger partial charge in [0.1, 0.15) is 12.6 Å². The van der Waals surface area contributed by atoms with Crippen LogP contribution in [0.15, 0.2) is 48.8 Å². The van der Waals surface area contributed by atoms with Gasteiger partial charge in [0.05, 0.1) is 40.5 Å². The Morgan fingerprint density at radius 1 is 1.24 bits per heavy atom. The van der Waals surface area contributed by atoms with Crippen LogP contribution >= 0.6 is 0 Å². The van der Waals surface area contributed by atoms with Crippen molar-refractivity contribution < 1.29 is 4.79 Å². The summed E-state index contributed by atoms with van der Waals surface area (Å²) in [5.41, 5.74) is 3.59. The molecule has 0 bridgehead atoms. The van der Waals surface area contributed by atoms with Crippen molar-refractivity contribution in [2.75, 3.05) is 0 Å². The van der Waals surface area contributed by atoms with E-state index >= 15 is 0 Å². The minimum absolute atomic E-state index is 0.0924. The molecule has 0 radical (unpaired) electrons. The number of benzene rings is 2. The molecule has 1 aromatic heterocycles. The third-order valence-electron chi connectivity index (χ3n) is 5.83. The predicted octanol–water partition coefficient (Wildman–Crippen LogP) is 3.73. The number of nitriles is 2. The van der Waals surface area contributed by atoms with Crippen LogP contribution in [0.2, 0.25) is 0 Å². The van der Waals surface area contributed by atoms with Crippen LogP contribution in [-0.2, 0) is 16.8 Å². The van der Waals surface area contributed by atoms with Gasteiger partial charge >= 0.3 is 0 Å². The maximum Gasteiger partial charge on any atom is 0.240 e. The highest BCUT2D eigenvalue weighted by Gasteiger charge is 2.38. The second-order valence-electron chi connectivity index (χ2n) is 7.62. The summed E-state index contributed by atoms with van der Waals surface area (Å²) in [6.45, 7) is 2.03. The van der Waals surface area contributed by atoms with Gasteiger partial charge in [0, 0.05) is 0 Å². The van der Waals surface area contributed by atoms with E-state index in [2.05, 4.69) is 22.4 Å². The second-order valence-corrected chi connectivity index (χ2v) is 7.62. The van der Waals surface area contributed by atoms with Crippen molar-refractivity contribution in [3.8, 4) is 12.1 Å². The molecule has 6 heteroatoms. The lowest BCUT2D eigenvalue weighted by Crippen LogP contribution is -2.32. The quantitative estimate of drug-likeness (QED) is 0.726. The van der Waals surface area contributed by atoms with E-state index in [-0.39, 0.29) is 23.9 Å². The van der Waals surface area contributed by atoms with Crippen molar-refractivity contribution in [2.45, 2.75) is 44.2 Å². The number of nitrogens with zero attached hydrogens (tertiary/aromatic N) is 4. The van der Waals surface area contributed by atoms with Crippen LogP contribution in [0.25, 0.3) is 11.0 Å². The normalized spacial score (nSPS) is 15.7. The van der Waals surface area contributed by atoms with E-state index in [4.69, 9.17) is 0 Å². The van der Waals surface area contributed by atoms with E-state index in [1.165, 1.54) is 0 Å². The lowest BCUT2D eigenvalue weighted by molar-refractivity contribution is -0.122. The molecule has 1 aliphatic carbocycles. The number of nitrogens with one attached hydrogen (secondary N) is 1. The standard InChI is InChI=1S/C23H21N5O/c1-16(17-6-8-19(9-7-17)23(14-25)10-3-11-23)27-21(29)13-28-15-26-20-5-2-4-18(12-24)22(20)28/h2,4-9,15-16H,3,10-11,13H2,1H3,(H,27,29)/t16-/m1/s1. The average molecular weight is 383 g/mol. The second kappa shape index (κ2) is 7.41. The lowest BCUT2D eigenvalue weighted by Gasteiger charge is -2.35. The molecule has 3 aromatic rings. The monoisotopic (exact) mass is 383 g/mol. The molecular weight excluding hydrogens is 362 g/mol. The first kappa shape index (κ1) is 18.7. The van der Waals surface area contributed by atoms with Gasteiger partial charge in [-0.3, -0.25) is 4.79 Å². The molecule has 0 spiro atoms. The number of hydrogen-bond donors (Lipinski definition) is 1. The molecule has 1 aliphatic rings. The zero-order valence-electron chi connectivity index (χ0n) is 16.2. The molecule has 1 atom stereocenters. The molecule has 1 fully saturated rings. The molecule has 1 amide bonds. The maximum absolute atomic E-state index is 12.6. The van der Waals surface area contributed by atoms with Crippen molar-refractivity contribution in [3.63, 3.8) is 0 Å². The van der Waals surface area contributed by atoms with Gasteiger partial charge in [-0.15, -0.1) is 0 Å². The fraction of sp³-hybridized carbons (Fsp3) is 0.304. The van der Waals surface area contributed by atoms with Crippen LogP contribution in [0, 0.1) is 22.7 Å². The Kier molecular flexibility index (Phi) is 4.78. The fourth-order valence-corrected chi connectivity index (χ4v) is 3.95. The SMILES string of the molecule is C[C@@H](NC(=O)Cn1cnc2cccc(C#N)c21)c1ccc(C2(C#N)CCC2)cc1. The largest absolute Gasteiger partial charge is 0.348 e. The minimum atomic E-state index is -0.327. The highest BCUT2D eigenvalue weighted by atomic mass is 16.2. The Hall–Kier alpha value is -3.64. The highest BCUT2D eigenvalue weighted by molar-refractivity contribution is 5.84. The fourth-order valence-electron chi connectivity index (χ4n) is 3.95.